The third kappa shape index (κ3) is 18.6. The number of halogens is 5. The number of ether oxygens (including phenoxy) is 1. The molecule has 280 valence electrons. The number of rotatable bonds is 8. The van der Waals surface area contributed by atoms with Gasteiger partial charge in [-0.25, -0.2) is 26.7 Å². The smallest absolute Gasteiger partial charge is 0.329 e. The summed E-state index contributed by atoms with van der Waals surface area (Å²) in [4.78, 5) is 43.3. The van der Waals surface area contributed by atoms with Crippen LogP contribution in [-0.4, -0.2) is 71.1 Å². The summed E-state index contributed by atoms with van der Waals surface area (Å²) in [6.45, 7) is 5.17. The number of carboxylic acids is 2. The second-order valence-corrected chi connectivity index (χ2v) is 10.6. The number of hydrogen-bond acceptors (Lipinski definition) is 7. The molecule has 0 bridgehead atoms. The number of carboxylic acid groups (broad SMARTS) is 2. The number of hydrogen-bond donors (Lipinski definition) is 5. The van der Waals surface area contributed by atoms with E-state index in [2.05, 4.69) is 34.9 Å². The number of aliphatic carboxylic acids is 2. The molecular formula is C38H36F5N3O7. The van der Waals surface area contributed by atoms with E-state index in [1.165, 1.54) is 19.1 Å². The fraction of sp³-hybridized carbons (Fsp3) is 0.263. The van der Waals surface area contributed by atoms with Crippen molar-refractivity contribution in [3.8, 4) is 35.5 Å². The van der Waals surface area contributed by atoms with Gasteiger partial charge in [0.15, 0.2) is 12.3 Å². The van der Waals surface area contributed by atoms with Crippen molar-refractivity contribution in [2.75, 3.05) is 6.61 Å². The molecule has 0 saturated carbocycles. The minimum atomic E-state index is -2.11. The molecule has 0 heterocycles. The maximum absolute atomic E-state index is 13.1. The summed E-state index contributed by atoms with van der Waals surface area (Å²) in [5.41, 5.74) is 12.3. The van der Waals surface area contributed by atoms with Gasteiger partial charge in [0.2, 0.25) is 5.91 Å². The van der Waals surface area contributed by atoms with Gasteiger partial charge in [-0.2, -0.15) is 0 Å². The van der Waals surface area contributed by atoms with E-state index in [0.29, 0.717) is 17.2 Å². The highest BCUT2D eigenvalue weighted by Crippen LogP contribution is 2.07. The zero-order valence-electron chi connectivity index (χ0n) is 28.6. The third-order valence-corrected chi connectivity index (χ3v) is 6.16. The minimum Gasteiger partial charge on any atom is -0.480 e. The van der Waals surface area contributed by atoms with E-state index in [-0.39, 0.29) is 30.3 Å². The van der Waals surface area contributed by atoms with Gasteiger partial charge in [0.05, 0.1) is 6.61 Å². The number of aryl methyl sites for hydroxylation is 1. The average molecular weight is 742 g/mol. The van der Waals surface area contributed by atoms with Crippen LogP contribution in [0.2, 0.25) is 0 Å². The Morgan fingerprint density at radius 1 is 0.736 bits per heavy atom. The molecule has 1 amide bonds. The lowest BCUT2D eigenvalue weighted by molar-refractivity contribution is -0.147. The van der Waals surface area contributed by atoms with Crippen molar-refractivity contribution < 1.29 is 56.1 Å². The van der Waals surface area contributed by atoms with E-state index in [4.69, 9.17) is 26.4 Å². The quantitative estimate of drug-likeness (QED) is 0.130. The summed E-state index contributed by atoms with van der Waals surface area (Å²) in [5, 5.41) is 19.3. The Bertz CT molecular complexity index is 1870. The predicted molar refractivity (Wildman–Crippen MR) is 184 cm³/mol. The van der Waals surface area contributed by atoms with E-state index in [0.717, 1.165) is 17.7 Å². The largest absolute Gasteiger partial charge is 0.480 e. The van der Waals surface area contributed by atoms with Crippen molar-refractivity contribution in [1.82, 2.24) is 5.32 Å². The molecule has 0 radical (unpaired) electrons. The van der Waals surface area contributed by atoms with Crippen LogP contribution in [0.15, 0.2) is 66.7 Å². The van der Waals surface area contributed by atoms with Crippen LogP contribution in [0.3, 0.4) is 0 Å². The van der Waals surface area contributed by atoms with Gasteiger partial charge in [-0.15, -0.1) is 0 Å². The summed E-state index contributed by atoms with van der Waals surface area (Å²) < 4.78 is 69.2. The summed E-state index contributed by atoms with van der Waals surface area (Å²) in [7, 11) is 0. The Labute approximate surface area is 302 Å². The molecule has 0 fully saturated rings. The van der Waals surface area contributed by atoms with Crippen LogP contribution in [0.4, 0.5) is 22.0 Å². The van der Waals surface area contributed by atoms with Gasteiger partial charge in [-0.05, 0) is 62.4 Å². The number of carbonyl (C=O) groups is 4. The molecule has 0 saturated heterocycles. The normalized spacial score (nSPS) is 12.5. The molecule has 15 heteroatoms. The maximum atomic E-state index is 13.1. The van der Waals surface area contributed by atoms with E-state index in [1.807, 2.05) is 25.0 Å². The average Bonchev–Trinajstić information content (AvgIpc) is 3.10. The number of carbonyl (C=O) groups excluding carboxylic acids is 2. The lowest BCUT2D eigenvalue weighted by Gasteiger charge is -2.13. The van der Waals surface area contributed by atoms with Crippen molar-refractivity contribution in [3.05, 3.63) is 106 Å². The Morgan fingerprint density at radius 3 is 1.64 bits per heavy atom. The van der Waals surface area contributed by atoms with Crippen LogP contribution < -0.4 is 16.8 Å². The fourth-order valence-electron chi connectivity index (χ4n) is 3.47. The molecule has 10 nitrogen and oxygen atoms in total. The fourth-order valence-corrected chi connectivity index (χ4v) is 3.47. The number of alkyl halides is 2. The highest BCUT2D eigenvalue weighted by molar-refractivity contribution is 5.83. The van der Waals surface area contributed by atoms with E-state index >= 15 is 0 Å². The van der Waals surface area contributed by atoms with Gasteiger partial charge >= 0.3 is 17.9 Å². The Balaban J connectivity index is 0.000000400. The van der Waals surface area contributed by atoms with Crippen LogP contribution in [0.25, 0.3) is 0 Å². The highest BCUT2D eigenvalue weighted by Gasteiger charge is 2.22. The van der Waals surface area contributed by atoms with Gasteiger partial charge < -0.3 is 31.7 Å². The second kappa shape index (κ2) is 23.3. The van der Waals surface area contributed by atoms with E-state index in [1.54, 1.807) is 31.2 Å². The minimum absolute atomic E-state index is 0.0947. The van der Waals surface area contributed by atoms with Crippen LogP contribution >= 0.6 is 0 Å². The molecule has 53 heavy (non-hydrogen) atoms. The highest BCUT2D eigenvalue weighted by atomic mass is 19.1. The molecule has 0 unspecified atom stereocenters. The second-order valence-electron chi connectivity index (χ2n) is 10.6. The van der Waals surface area contributed by atoms with Crippen molar-refractivity contribution in [3.63, 3.8) is 0 Å². The first kappa shape index (κ1) is 44.8. The number of esters is 1. The first-order valence-electron chi connectivity index (χ1n) is 15.4. The maximum Gasteiger partial charge on any atom is 0.329 e. The summed E-state index contributed by atoms with van der Waals surface area (Å²) in [5.74, 6) is 8.45. The standard InChI is InChI=1S/C15H16FNO3.C12H12FNO2.C11H8F3NO2/c1-3-20-15(19)14(17-11(2)18)6-4-5-12-7-9-13(16)10-8-12;1-8-2-4-9(5-3-8)6-7-10(13)11(14)12(15)16;12-7-3-6(4-8(13)5-7)1-2-9(14)10(15)11(16)17/h7-10,14H,3,6H2,1-2H3,(H,17,18);2-5,10-11H,14H2,1H3,(H,15,16);3-5,9-10H,15H2,(H,16,17)/t14-;10-,11+;9-,10+/m001/s1. The third-order valence-electron chi connectivity index (χ3n) is 6.16. The van der Waals surface area contributed by atoms with Crippen LogP contribution in [0.1, 0.15) is 42.5 Å². The Hall–Kier alpha value is -6.21. The van der Waals surface area contributed by atoms with Crippen LogP contribution in [0, 0.1) is 59.9 Å². The van der Waals surface area contributed by atoms with Gasteiger partial charge in [0, 0.05) is 36.1 Å². The molecule has 3 aromatic carbocycles. The number of nitrogens with two attached hydrogens (primary N) is 2. The molecule has 0 aliphatic heterocycles. The van der Waals surface area contributed by atoms with Crippen LogP contribution in [-0.2, 0) is 23.9 Å². The summed E-state index contributed by atoms with van der Waals surface area (Å²) in [6, 6.07) is 11.1. The monoisotopic (exact) mass is 741 g/mol. The van der Waals surface area contributed by atoms with Gasteiger partial charge in [-0.1, -0.05) is 53.2 Å². The van der Waals surface area contributed by atoms with Gasteiger partial charge in [-0.3, -0.25) is 14.4 Å². The molecular weight excluding hydrogens is 705 g/mol. The van der Waals surface area contributed by atoms with Crippen molar-refractivity contribution >= 4 is 23.8 Å². The first-order chi connectivity index (χ1) is 24.9. The topological polar surface area (TPSA) is 182 Å². The number of benzene rings is 3. The molecule has 0 spiro atoms. The SMILES string of the molecule is CCOC(=O)[C@H](CC#Cc1ccc(F)cc1)NC(C)=O.Cc1ccc(C#C[C@H](F)[C@@H](N)C(=O)O)cc1.N[C@H](C(=O)O)[C@H](F)C#Cc1cc(F)cc(F)c1. The van der Waals surface area contributed by atoms with Crippen LogP contribution in [0.5, 0.6) is 0 Å². The first-order valence-corrected chi connectivity index (χ1v) is 15.4. The Kier molecular flexibility index (Phi) is 19.7. The molecule has 0 aliphatic carbocycles. The summed E-state index contributed by atoms with van der Waals surface area (Å²) >= 11 is 0. The zero-order chi connectivity index (χ0) is 40.1. The van der Waals surface area contributed by atoms with Gasteiger partial charge in [0.25, 0.3) is 0 Å². The molecule has 5 atom stereocenters. The van der Waals surface area contributed by atoms with Crippen molar-refractivity contribution in [2.24, 2.45) is 11.5 Å². The van der Waals surface area contributed by atoms with Gasteiger partial charge in [0.1, 0.15) is 35.6 Å². The van der Waals surface area contributed by atoms with Crippen molar-refractivity contribution in [2.45, 2.75) is 57.7 Å². The molecule has 0 aliphatic rings. The summed E-state index contributed by atoms with van der Waals surface area (Å²) in [6.07, 6.45) is -3.84. The molecule has 0 aromatic heterocycles. The number of amides is 1. The van der Waals surface area contributed by atoms with E-state index in [9.17, 15) is 41.1 Å². The molecule has 3 rings (SSSR count). The lowest BCUT2D eigenvalue weighted by Crippen LogP contribution is -2.40. The van der Waals surface area contributed by atoms with Crippen molar-refractivity contribution in [1.29, 1.82) is 0 Å². The number of nitrogens with one attached hydrogen (secondary N) is 1. The Morgan fingerprint density at radius 2 is 1.19 bits per heavy atom. The molecule has 7 N–H and O–H groups in total. The van der Waals surface area contributed by atoms with E-state index < -0.39 is 60.0 Å². The zero-order valence-corrected chi connectivity index (χ0v) is 28.6. The predicted octanol–water partition coefficient (Wildman–Crippen LogP) is 3.80. The molecule has 3 aromatic rings. The lowest BCUT2D eigenvalue weighted by atomic mass is 10.1.